The van der Waals surface area contributed by atoms with E-state index in [-0.39, 0.29) is 6.01 Å². The van der Waals surface area contributed by atoms with Gasteiger partial charge in [-0.1, -0.05) is 10.2 Å². The SMILES string of the molecule is Nc1nnc(NC2CCN(C3CC3)C2)o1. The summed E-state index contributed by atoms with van der Waals surface area (Å²) in [6.07, 6.45) is 3.86. The fourth-order valence-corrected chi connectivity index (χ4v) is 2.14. The van der Waals surface area contributed by atoms with Crippen molar-refractivity contribution in [3.8, 4) is 0 Å². The fraction of sp³-hybridized carbons (Fsp3) is 0.778. The molecule has 1 aliphatic carbocycles. The maximum atomic E-state index is 5.35. The van der Waals surface area contributed by atoms with Crippen LogP contribution in [0.3, 0.4) is 0 Å². The highest BCUT2D eigenvalue weighted by Crippen LogP contribution is 2.30. The number of nitrogens with one attached hydrogen (secondary N) is 1. The number of hydrogen-bond acceptors (Lipinski definition) is 6. The molecule has 1 saturated carbocycles. The number of rotatable bonds is 3. The van der Waals surface area contributed by atoms with E-state index in [2.05, 4.69) is 20.4 Å². The minimum Gasteiger partial charge on any atom is -0.390 e. The van der Waals surface area contributed by atoms with E-state index in [1.54, 1.807) is 0 Å². The van der Waals surface area contributed by atoms with Crippen LogP contribution in [0, 0.1) is 0 Å². The molecule has 1 aromatic rings. The van der Waals surface area contributed by atoms with Gasteiger partial charge in [-0.25, -0.2) is 0 Å². The molecule has 0 aromatic carbocycles. The lowest BCUT2D eigenvalue weighted by Gasteiger charge is -2.14. The smallest absolute Gasteiger partial charge is 0.317 e. The lowest BCUT2D eigenvalue weighted by molar-refractivity contribution is 0.325. The molecule has 0 bridgehead atoms. The Hall–Kier alpha value is -1.30. The fourth-order valence-electron chi connectivity index (χ4n) is 2.14. The lowest BCUT2D eigenvalue weighted by atomic mass is 10.3. The highest BCUT2D eigenvalue weighted by Gasteiger charge is 2.34. The average molecular weight is 209 g/mol. The summed E-state index contributed by atoms with van der Waals surface area (Å²) in [7, 11) is 0. The molecule has 1 aliphatic heterocycles. The van der Waals surface area contributed by atoms with Gasteiger partial charge in [0.25, 0.3) is 0 Å². The Bertz CT molecular complexity index is 348. The molecule has 1 unspecified atom stereocenters. The van der Waals surface area contributed by atoms with E-state index in [1.165, 1.54) is 19.4 Å². The number of likely N-dealkylation sites (tertiary alicyclic amines) is 1. The van der Waals surface area contributed by atoms with Crippen molar-refractivity contribution < 1.29 is 4.42 Å². The number of hydrogen-bond donors (Lipinski definition) is 2. The largest absolute Gasteiger partial charge is 0.390 e. The van der Waals surface area contributed by atoms with Crippen molar-refractivity contribution in [3.63, 3.8) is 0 Å². The molecule has 2 heterocycles. The number of aromatic nitrogens is 2. The third kappa shape index (κ3) is 1.90. The summed E-state index contributed by atoms with van der Waals surface area (Å²) < 4.78 is 5.08. The van der Waals surface area contributed by atoms with E-state index in [9.17, 15) is 0 Å². The first-order valence-corrected chi connectivity index (χ1v) is 5.41. The van der Waals surface area contributed by atoms with Crippen LogP contribution in [0.15, 0.2) is 4.42 Å². The molecule has 82 valence electrons. The molecule has 6 nitrogen and oxygen atoms in total. The monoisotopic (exact) mass is 209 g/mol. The van der Waals surface area contributed by atoms with Crippen LogP contribution in [-0.2, 0) is 0 Å². The average Bonchev–Trinajstić information content (AvgIpc) is 2.84. The summed E-state index contributed by atoms with van der Waals surface area (Å²) in [5.41, 5.74) is 5.35. The minimum atomic E-state index is 0.120. The molecule has 1 aromatic heterocycles. The van der Waals surface area contributed by atoms with Crippen LogP contribution >= 0.6 is 0 Å². The molecule has 6 heteroatoms. The Morgan fingerprint density at radius 1 is 1.33 bits per heavy atom. The molecule has 3 N–H and O–H groups in total. The highest BCUT2D eigenvalue weighted by molar-refractivity contribution is 5.25. The van der Waals surface area contributed by atoms with Crippen LogP contribution in [0.5, 0.6) is 0 Å². The first-order chi connectivity index (χ1) is 7.31. The number of anilines is 2. The normalized spacial score (nSPS) is 27.1. The number of nitrogens with zero attached hydrogens (tertiary/aromatic N) is 3. The van der Waals surface area contributed by atoms with Crippen molar-refractivity contribution in [1.29, 1.82) is 0 Å². The predicted octanol–water partition coefficient (Wildman–Crippen LogP) is 0.300. The van der Waals surface area contributed by atoms with Crippen molar-refractivity contribution >= 4 is 12.0 Å². The molecule has 0 amide bonds. The summed E-state index contributed by atoms with van der Waals surface area (Å²) in [5.74, 6) is 0. The van der Waals surface area contributed by atoms with E-state index >= 15 is 0 Å². The lowest BCUT2D eigenvalue weighted by Crippen LogP contribution is -2.27. The van der Waals surface area contributed by atoms with Crippen LogP contribution in [0.2, 0.25) is 0 Å². The van der Waals surface area contributed by atoms with Gasteiger partial charge in [-0.05, 0) is 19.3 Å². The Morgan fingerprint density at radius 3 is 2.87 bits per heavy atom. The van der Waals surface area contributed by atoms with Crippen LogP contribution in [0.25, 0.3) is 0 Å². The Balaban J connectivity index is 1.56. The quantitative estimate of drug-likeness (QED) is 0.745. The topological polar surface area (TPSA) is 80.2 Å². The minimum absolute atomic E-state index is 0.120. The molecule has 2 fully saturated rings. The summed E-state index contributed by atoms with van der Waals surface area (Å²) >= 11 is 0. The van der Waals surface area contributed by atoms with Crippen LogP contribution in [0.1, 0.15) is 19.3 Å². The zero-order chi connectivity index (χ0) is 10.3. The molecule has 1 atom stereocenters. The summed E-state index contributed by atoms with van der Waals surface area (Å²) in [4.78, 5) is 2.53. The zero-order valence-electron chi connectivity index (χ0n) is 8.52. The third-order valence-corrected chi connectivity index (χ3v) is 3.05. The van der Waals surface area contributed by atoms with E-state index in [4.69, 9.17) is 10.2 Å². The third-order valence-electron chi connectivity index (χ3n) is 3.05. The number of nitrogens with two attached hydrogens (primary N) is 1. The second kappa shape index (κ2) is 3.37. The number of nitrogen functional groups attached to an aromatic ring is 1. The molecule has 0 spiro atoms. The van der Waals surface area contributed by atoms with Gasteiger partial charge in [0.15, 0.2) is 0 Å². The summed E-state index contributed by atoms with van der Waals surface area (Å²) in [6.45, 7) is 2.25. The maximum Gasteiger partial charge on any atom is 0.317 e. The van der Waals surface area contributed by atoms with E-state index in [0.29, 0.717) is 12.1 Å². The van der Waals surface area contributed by atoms with E-state index < -0.39 is 0 Å². The van der Waals surface area contributed by atoms with Gasteiger partial charge in [-0.15, -0.1) is 0 Å². The molecule has 0 radical (unpaired) electrons. The van der Waals surface area contributed by atoms with Crippen LogP contribution < -0.4 is 11.1 Å². The molecule has 15 heavy (non-hydrogen) atoms. The molecule has 2 aliphatic rings. The summed E-state index contributed by atoms with van der Waals surface area (Å²) in [5, 5.41) is 10.6. The molecular formula is C9H15N5O. The van der Waals surface area contributed by atoms with Gasteiger partial charge < -0.3 is 15.5 Å². The van der Waals surface area contributed by atoms with Gasteiger partial charge in [0.05, 0.1) is 0 Å². The van der Waals surface area contributed by atoms with Gasteiger partial charge in [0.2, 0.25) is 0 Å². The van der Waals surface area contributed by atoms with E-state index in [1.807, 2.05) is 0 Å². The van der Waals surface area contributed by atoms with Crippen LogP contribution in [-0.4, -0.2) is 40.3 Å². The van der Waals surface area contributed by atoms with Gasteiger partial charge >= 0.3 is 12.0 Å². The molecular weight excluding hydrogens is 194 g/mol. The van der Waals surface area contributed by atoms with Crippen molar-refractivity contribution in [2.24, 2.45) is 0 Å². The molecule has 3 rings (SSSR count). The zero-order valence-corrected chi connectivity index (χ0v) is 8.52. The Kier molecular flexibility index (Phi) is 2.02. The van der Waals surface area contributed by atoms with Gasteiger partial charge in [-0.2, -0.15) is 0 Å². The van der Waals surface area contributed by atoms with Crippen molar-refractivity contribution in [2.75, 3.05) is 24.1 Å². The second-order valence-corrected chi connectivity index (χ2v) is 4.30. The first kappa shape index (κ1) is 8.96. The van der Waals surface area contributed by atoms with Gasteiger partial charge in [0.1, 0.15) is 0 Å². The second-order valence-electron chi connectivity index (χ2n) is 4.30. The predicted molar refractivity (Wildman–Crippen MR) is 55.3 cm³/mol. The highest BCUT2D eigenvalue weighted by atomic mass is 16.4. The van der Waals surface area contributed by atoms with Gasteiger partial charge in [-0.3, -0.25) is 4.90 Å². The first-order valence-electron chi connectivity index (χ1n) is 5.41. The molecule has 1 saturated heterocycles. The summed E-state index contributed by atoms with van der Waals surface area (Å²) in [6, 6.07) is 1.82. The maximum absolute atomic E-state index is 5.35. The Morgan fingerprint density at radius 2 is 2.20 bits per heavy atom. The Labute approximate surface area is 87.8 Å². The van der Waals surface area contributed by atoms with E-state index in [0.717, 1.165) is 19.0 Å². The van der Waals surface area contributed by atoms with Crippen molar-refractivity contribution in [1.82, 2.24) is 15.1 Å². The van der Waals surface area contributed by atoms with Gasteiger partial charge in [0, 0.05) is 25.2 Å². The van der Waals surface area contributed by atoms with Crippen LogP contribution in [0.4, 0.5) is 12.0 Å². The standard InChI is InChI=1S/C9H15N5O/c10-8-12-13-9(15-8)11-6-3-4-14(5-6)7-1-2-7/h6-7H,1-5H2,(H2,10,12)(H,11,13). The van der Waals surface area contributed by atoms with Crippen molar-refractivity contribution in [3.05, 3.63) is 0 Å². The van der Waals surface area contributed by atoms with Crippen molar-refractivity contribution in [2.45, 2.75) is 31.3 Å².